The van der Waals surface area contributed by atoms with Gasteiger partial charge in [-0.3, -0.25) is 4.90 Å². The second-order valence-electron chi connectivity index (χ2n) is 3.84. The highest BCUT2D eigenvalue weighted by Crippen LogP contribution is 2.32. The van der Waals surface area contributed by atoms with Crippen LogP contribution in [0, 0.1) is 18.3 Å². The van der Waals surface area contributed by atoms with Crippen molar-refractivity contribution in [2.24, 2.45) is 0 Å². The van der Waals surface area contributed by atoms with E-state index in [1.807, 2.05) is 32.0 Å². The topological polar surface area (TPSA) is 36.3 Å². The van der Waals surface area contributed by atoms with E-state index < -0.39 is 0 Å². The molecule has 4 heteroatoms. The average Bonchev–Trinajstić information content (AvgIpc) is 2.23. The molecule has 86 valence electrons. The maximum Gasteiger partial charge on any atom is 0.127 e. The minimum Gasteiger partial charge on any atom is -0.496 e. The van der Waals surface area contributed by atoms with E-state index in [1.165, 1.54) is 0 Å². The lowest BCUT2D eigenvalue weighted by Crippen LogP contribution is -2.19. The van der Waals surface area contributed by atoms with Gasteiger partial charge in [-0.2, -0.15) is 5.26 Å². The van der Waals surface area contributed by atoms with Gasteiger partial charge in [0.05, 0.1) is 13.2 Å². The van der Waals surface area contributed by atoms with Crippen molar-refractivity contribution in [1.82, 2.24) is 4.90 Å². The minimum atomic E-state index is -0.354. The molecule has 1 unspecified atom stereocenters. The highest BCUT2D eigenvalue weighted by atomic mass is 35.5. The molecule has 0 radical (unpaired) electrons. The third-order valence-electron chi connectivity index (χ3n) is 2.44. The van der Waals surface area contributed by atoms with E-state index in [2.05, 4.69) is 6.07 Å². The Morgan fingerprint density at radius 3 is 2.50 bits per heavy atom. The fraction of sp³-hybridized carbons (Fsp3) is 0.417. The van der Waals surface area contributed by atoms with Gasteiger partial charge in [-0.25, -0.2) is 0 Å². The first-order valence-corrected chi connectivity index (χ1v) is 5.29. The summed E-state index contributed by atoms with van der Waals surface area (Å²) in [4.78, 5) is 1.82. The molecule has 3 nitrogen and oxygen atoms in total. The molecule has 0 N–H and O–H groups in total. The van der Waals surface area contributed by atoms with Crippen LogP contribution in [0.1, 0.15) is 17.2 Å². The van der Waals surface area contributed by atoms with Crippen molar-refractivity contribution in [3.05, 3.63) is 28.3 Å². The van der Waals surface area contributed by atoms with E-state index in [1.54, 1.807) is 13.2 Å². The second kappa shape index (κ2) is 5.20. The number of hydrogen-bond donors (Lipinski definition) is 0. The van der Waals surface area contributed by atoms with E-state index in [4.69, 9.17) is 21.6 Å². The van der Waals surface area contributed by atoms with Crippen LogP contribution >= 0.6 is 11.6 Å². The Kier molecular flexibility index (Phi) is 4.17. The molecule has 0 aliphatic heterocycles. The molecule has 0 heterocycles. The molecule has 16 heavy (non-hydrogen) atoms. The van der Waals surface area contributed by atoms with Crippen molar-refractivity contribution in [3.63, 3.8) is 0 Å². The van der Waals surface area contributed by atoms with Gasteiger partial charge in [0.1, 0.15) is 11.8 Å². The molecule has 0 aliphatic carbocycles. The Morgan fingerprint density at radius 1 is 1.44 bits per heavy atom. The first-order valence-electron chi connectivity index (χ1n) is 4.91. The lowest BCUT2D eigenvalue weighted by Gasteiger charge is -2.20. The van der Waals surface area contributed by atoms with Crippen molar-refractivity contribution < 1.29 is 4.74 Å². The predicted octanol–water partition coefficient (Wildman–Crippen LogP) is 2.78. The molecular weight excluding hydrogens is 224 g/mol. The van der Waals surface area contributed by atoms with Crippen LogP contribution in [0.2, 0.25) is 5.02 Å². The summed E-state index contributed by atoms with van der Waals surface area (Å²) in [5.41, 5.74) is 1.74. The highest BCUT2D eigenvalue weighted by molar-refractivity contribution is 6.31. The summed E-state index contributed by atoms with van der Waals surface area (Å²) >= 11 is 6.07. The zero-order valence-electron chi connectivity index (χ0n) is 9.91. The maximum absolute atomic E-state index is 9.14. The van der Waals surface area contributed by atoms with Crippen LogP contribution in [-0.4, -0.2) is 26.1 Å². The lowest BCUT2D eigenvalue weighted by molar-refractivity contribution is 0.340. The van der Waals surface area contributed by atoms with Gasteiger partial charge in [0, 0.05) is 10.6 Å². The number of methoxy groups -OCH3 is 1. The largest absolute Gasteiger partial charge is 0.496 e. The molecule has 1 aromatic rings. The van der Waals surface area contributed by atoms with Crippen molar-refractivity contribution >= 4 is 11.6 Å². The number of nitrogens with zero attached hydrogens (tertiary/aromatic N) is 2. The minimum absolute atomic E-state index is 0.354. The van der Waals surface area contributed by atoms with Gasteiger partial charge in [-0.1, -0.05) is 11.6 Å². The number of halogens is 1. The van der Waals surface area contributed by atoms with Crippen LogP contribution < -0.4 is 4.74 Å². The van der Waals surface area contributed by atoms with Gasteiger partial charge in [0.25, 0.3) is 0 Å². The van der Waals surface area contributed by atoms with E-state index in [0.29, 0.717) is 10.8 Å². The van der Waals surface area contributed by atoms with Crippen molar-refractivity contribution in [2.75, 3.05) is 21.2 Å². The standard InChI is InChI=1S/C12H15ClN2O/c1-8-5-12(16-4)9(6-10(8)13)11(7-14)15(2)3/h5-6,11H,1-4H3. The van der Waals surface area contributed by atoms with Gasteiger partial charge in [-0.05, 0) is 38.7 Å². The Morgan fingerprint density at radius 2 is 2.06 bits per heavy atom. The van der Waals surface area contributed by atoms with Crippen molar-refractivity contribution in [3.8, 4) is 11.8 Å². The zero-order chi connectivity index (χ0) is 12.3. The molecule has 0 saturated heterocycles. The zero-order valence-corrected chi connectivity index (χ0v) is 10.7. The molecule has 1 aromatic carbocycles. The first kappa shape index (κ1) is 12.8. The molecule has 0 saturated carbocycles. The quantitative estimate of drug-likeness (QED) is 0.813. The van der Waals surface area contributed by atoms with E-state index in [-0.39, 0.29) is 6.04 Å². The molecule has 0 aliphatic rings. The van der Waals surface area contributed by atoms with Gasteiger partial charge < -0.3 is 4.74 Å². The molecule has 0 aromatic heterocycles. The van der Waals surface area contributed by atoms with Crippen LogP contribution in [-0.2, 0) is 0 Å². The van der Waals surface area contributed by atoms with Crippen LogP contribution in [0.5, 0.6) is 5.75 Å². The van der Waals surface area contributed by atoms with Crippen LogP contribution in [0.3, 0.4) is 0 Å². The predicted molar refractivity (Wildman–Crippen MR) is 64.8 cm³/mol. The monoisotopic (exact) mass is 238 g/mol. The fourth-order valence-corrected chi connectivity index (χ4v) is 1.70. The summed E-state index contributed by atoms with van der Waals surface area (Å²) in [7, 11) is 5.29. The van der Waals surface area contributed by atoms with Crippen LogP contribution in [0.25, 0.3) is 0 Å². The number of benzene rings is 1. The molecule has 1 atom stereocenters. The molecule has 0 spiro atoms. The molecule has 1 rings (SSSR count). The third kappa shape index (κ3) is 2.46. The van der Waals surface area contributed by atoms with Crippen molar-refractivity contribution in [2.45, 2.75) is 13.0 Å². The number of nitriles is 1. The number of ether oxygens (including phenoxy) is 1. The fourth-order valence-electron chi connectivity index (χ4n) is 1.52. The summed E-state index contributed by atoms with van der Waals surface area (Å²) in [5.74, 6) is 0.696. The summed E-state index contributed by atoms with van der Waals surface area (Å²) in [6.45, 7) is 1.91. The number of aryl methyl sites for hydroxylation is 1. The van der Waals surface area contributed by atoms with Crippen LogP contribution in [0.4, 0.5) is 0 Å². The first-order chi connectivity index (χ1) is 7.51. The third-order valence-corrected chi connectivity index (χ3v) is 2.85. The number of hydrogen-bond acceptors (Lipinski definition) is 3. The van der Waals surface area contributed by atoms with Gasteiger partial charge in [0.15, 0.2) is 0 Å². The van der Waals surface area contributed by atoms with Gasteiger partial charge in [-0.15, -0.1) is 0 Å². The van der Waals surface area contributed by atoms with E-state index in [0.717, 1.165) is 11.1 Å². The highest BCUT2D eigenvalue weighted by Gasteiger charge is 2.19. The van der Waals surface area contributed by atoms with E-state index in [9.17, 15) is 0 Å². The molecule has 0 bridgehead atoms. The second-order valence-corrected chi connectivity index (χ2v) is 4.25. The normalized spacial score (nSPS) is 12.3. The SMILES string of the molecule is COc1cc(C)c(Cl)cc1C(C#N)N(C)C. The van der Waals surface area contributed by atoms with Crippen LogP contribution in [0.15, 0.2) is 12.1 Å². The lowest BCUT2D eigenvalue weighted by atomic mass is 10.0. The van der Waals surface area contributed by atoms with Crippen molar-refractivity contribution in [1.29, 1.82) is 5.26 Å². The maximum atomic E-state index is 9.14. The Hall–Kier alpha value is -1.24. The van der Waals surface area contributed by atoms with Gasteiger partial charge in [0.2, 0.25) is 0 Å². The summed E-state index contributed by atoms with van der Waals surface area (Å²) in [5, 5.41) is 9.79. The molecule has 0 fully saturated rings. The Bertz CT molecular complexity index is 424. The summed E-state index contributed by atoms with van der Waals surface area (Å²) in [6.07, 6.45) is 0. The Balaban J connectivity index is 3.31. The smallest absolute Gasteiger partial charge is 0.127 e. The number of rotatable bonds is 3. The van der Waals surface area contributed by atoms with E-state index >= 15 is 0 Å². The average molecular weight is 239 g/mol. The Labute approximate surface area is 101 Å². The molecular formula is C12H15ClN2O. The summed E-state index contributed by atoms with van der Waals surface area (Å²) in [6, 6.07) is 5.52. The van der Waals surface area contributed by atoms with Gasteiger partial charge >= 0.3 is 0 Å². The molecule has 0 amide bonds. The summed E-state index contributed by atoms with van der Waals surface area (Å²) < 4.78 is 5.28.